The number of hydrogen-bond acceptors (Lipinski definition) is 8. The number of aryl methyl sites for hydroxylation is 1. The van der Waals surface area contributed by atoms with Crippen LogP contribution in [-0.2, 0) is 4.79 Å². The molecule has 1 saturated heterocycles. The van der Waals surface area contributed by atoms with Crippen molar-refractivity contribution < 1.29 is 9.53 Å². The third kappa shape index (κ3) is 4.05. The van der Waals surface area contributed by atoms with Gasteiger partial charge in [-0.1, -0.05) is 29.2 Å². The van der Waals surface area contributed by atoms with Crippen molar-refractivity contribution in [2.45, 2.75) is 24.8 Å². The second kappa shape index (κ2) is 8.32. The molecule has 0 aliphatic carbocycles. The van der Waals surface area contributed by atoms with Gasteiger partial charge in [-0.25, -0.2) is 9.97 Å². The van der Waals surface area contributed by atoms with Crippen LogP contribution in [0.1, 0.15) is 18.4 Å². The van der Waals surface area contributed by atoms with E-state index in [1.165, 1.54) is 30.9 Å². The fraction of sp³-hybridized carbons (Fsp3) is 0.368. The molecule has 1 N–H and O–H groups in total. The third-order valence-electron chi connectivity index (χ3n) is 4.49. The highest BCUT2D eigenvalue weighted by molar-refractivity contribution is 8.00. The van der Waals surface area contributed by atoms with Crippen molar-refractivity contribution in [1.29, 1.82) is 0 Å². The molecule has 3 heterocycles. The van der Waals surface area contributed by atoms with Crippen LogP contribution in [0, 0.1) is 6.92 Å². The van der Waals surface area contributed by atoms with Crippen molar-refractivity contribution >= 4 is 50.2 Å². The average molecular weight is 416 g/mol. The first kappa shape index (κ1) is 18.9. The van der Waals surface area contributed by atoms with Crippen molar-refractivity contribution in [3.63, 3.8) is 0 Å². The molecular formula is C19H21N5O2S2. The molecule has 3 aromatic rings. The summed E-state index contributed by atoms with van der Waals surface area (Å²) in [5.41, 5.74) is 2.43. The molecule has 7 nitrogen and oxygen atoms in total. The molecule has 28 heavy (non-hydrogen) atoms. The van der Waals surface area contributed by atoms with Crippen molar-refractivity contribution in [3.8, 4) is 5.75 Å². The Hall–Kier alpha value is -2.39. The van der Waals surface area contributed by atoms with E-state index < -0.39 is 0 Å². The number of hydrogen-bond donors (Lipinski definition) is 1. The second-order valence-electron chi connectivity index (χ2n) is 6.56. The van der Waals surface area contributed by atoms with Gasteiger partial charge in [-0.3, -0.25) is 4.79 Å². The van der Waals surface area contributed by atoms with Crippen LogP contribution in [0.3, 0.4) is 0 Å². The molecule has 9 heteroatoms. The summed E-state index contributed by atoms with van der Waals surface area (Å²) in [6, 6.07) is 5.70. The number of rotatable bonds is 6. The Morgan fingerprint density at radius 2 is 2.14 bits per heavy atom. The smallest absolute Gasteiger partial charge is 0.234 e. The van der Waals surface area contributed by atoms with E-state index in [-0.39, 0.29) is 11.7 Å². The van der Waals surface area contributed by atoms with Gasteiger partial charge >= 0.3 is 0 Å². The summed E-state index contributed by atoms with van der Waals surface area (Å²) >= 11 is 3.00. The van der Waals surface area contributed by atoms with Gasteiger partial charge in [0.1, 0.15) is 21.8 Å². The van der Waals surface area contributed by atoms with Crippen molar-refractivity contribution in [1.82, 2.24) is 15.0 Å². The molecule has 0 unspecified atom stereocenters. The number of carbonyl (C=O) groups excluding carboxylic acids is 1. The molecule has 1 aliphatic heterocycles. The summed E-state index contributed by atoms with van der Waals surface area (Å²) in [5, 5.41) is 4.70. The maximum atomic E-state index is 12.5. The normalized spacial score (nSPS) is 13.9. The Kier molecular flexibility index (Phi) is 5.63. The zero-order valence-corrected chi connectivity index (χ0v) is 17.4. The zero-order chi connectivity index (χ0) is 19.5. The first-order valence-corrected chi connectivity index (χ1v) is 10.9. The summed E-state index contributed by atoms with van der Waals surface area (Å²) < 4.78 is 6.26. The second-order valence-corrected chi connectivity index (χ2v) is 8.50. The van der Waals surface area contributed by atoms with E-state index in [0.717, 1.165) is 33.5 Å². The van der Waals surface area contributed by atoms with Gasteiger partial charge in [-0.15, -0.1) is 0 Å². The zero-order valence-electron chi connectivity index (χ0n) is 15.8. The van der Waals surface area contributed by atoms with Crippen LogP contribution in [0.25, 0.3) is 10.3 Å². The number of benzene rings is 1. The Morgan fingerprint density at radius 3 is 2.93 bits per heavy atom. The van der Waals surface area contributed by atoms with Gasteiger partial charge in [0.2, 0.25) is 5.91 Å². The fourth-order valence-corrected chi connectivity index (χ4v) is 5.05. The lowest BCUT2D eigenvalue weighted by molar-refractivity contribution is -0.113. The van der Waals surface area contributed by atoms with Crippen molar-refractivity contribution in [2.75, 3.05) is 36.2 Å². The number of nitrogens with zero attached hydrogens (tertiary/aromatic N) is 4. The van der Waals surface area contributed by atoms with Crippen LogP contribution in [0.15, 0.2) is 29.6 Å². The fourth-order valence-electron chi connectivity index (χ4n) is 3.11. The number of nitrogens with one attached hydrogen (secondary N) is 1. The minimum Gasteiger partial charge on any atom is -0.495 e. The summed E-state index contributed by atoms with van der Waals surface area (Å²) in [6.45, 7) is 4.05. The number of carbonyl (C=O) groups is 1. The molecular weight excluding hydrogens is 394 g/mol. The van der Waals surface area contributed by atoms with E-state index in [0.29, 0.717) is 17.1 Å². The Bertz CT molecular complexity index is 1000. The van der Waals surface area contributed by atoms with Gasteiger partial charge in [-0.2, -0.15) is 4.98 Å². The van der Waals surface area contributed by atoms with E-state index in [1.807, 2.05) is 25.1 Å². The molecule has 0 atom stereocenters. The van der Waals surface area contributed by atoms with Gasteiger partial charge in [0.15, 0.2) is 10.8 Å². The Morgan fingerprint density at radius 1 is 1.32 bits per heavy atom. The highest BCUT2D eigenvalue weighted by Gasteiger charge is 2.19. The SMILES string of the molecule is COc1ccc(C)cc1NC(=O)CSc1ncnc2nc(N3CCCC3)sc12. The number of amides is 1. The third-order valence-corrected chi connectivity index (χ3v) is 6.72. The number of fused-ring (bicyclic) bond motifs is 1. The van der Waals surface area contributed by atoms with Crippen LogP contribution >= 0.6 is 23.1 Å². The topological polar surface area (TPSA) is 80.2 Å². The molecule has 0 saturated carbocycles. The summed E-state index contributed by atoms with van der Waals surface area (Å²) in [5.74, 6) is 0.788. The average Bonchev–Trinajstić information content (AvgIpc) is 3.36. The molecule has 0 radical (unpaired) electrons. The lowest BCUT2D eigenvalue weighted by Gasteiger charge is -2.11. The largest absolute Gasteiger partial charge is 0.495 e. The Labute approximate surface area is 171 Å². The van der Waals surface area contributed by atoms with Crippen LogP contribution in [-0.4, -0.2) is 46.8 Å². The molecule has 0 spiro atoms. The first-order chi connectivity index (χ1) is 13.6. The van der Waals surface area contributed by atoms with E-state index >= 15 is 0 Å². The molecule has 1 fully saturated rings. The van der Waals surface area contributed by atoms with E-state index in [4.69, 9.17) is 4.74 Å². The maximum absolute atomic E-state index is 12.5. The summed E-state index contributed by atoms with van der Waals surface area (Å²) in [6.07, 6.45) is 3.91. The van der Waals surface area contributed by atoms with E-state index in [1.54, 1.807) is 18.4 Å². The lowest BCUT2D eigenvalue weighted by atomic mass is 10.2. The van der Waals surface area contributed by atoms with Crippen LogP contribution < -0.4 is 15.0 Å². The predicted molar refractivity (Wildman–Crippen MR) is 114 cm³/mol. The van der Waals surface area contributed by atoms with Crippen LogP contribution in [0.4, 0.5) is 10.8 Å². The standard InChI is InChI=1S/C19H21N5O2S2/c1-12-5-6-14(26-2)13(9-12)22-15(25)10-27-18-16-17(20-11-21-18)23-19(28-16)24-7-3-4-8-24/h5-6,9,11H,3-4,7-8,10H2,1-2H3,(H,22,25). The van der Waals surface area contributed by atoms with Crippen LogP contribution in [0.5, 0.6) is 5.75 Å². The van der Waals surface area contributed by atoms with Crippen molar-refractivity contribution in [2.24, 2.45) is 0 Å². The number of aromatic nitrogens is 3. The van der Waals surface area contributed by atoms with Gasteiger partial charge < -0.3 is 15.0 Å². The molecule has 1 aromatic carbocycles. The quantitative estimate of drug-likeness (QED) is 0.485. The lowest BCUT2D eigenvalue weighted by Crippen LogP contribution is -2.16. The van der Waals surface area contributed by atoms with Crippen LogP contribution in [0.2, 0.25) is 0 Å². The Balaban J connectivity index is 1.46. The molecule has 0 bridgehead atoms. The minimum atomic E-state index is -0.107. The van der Waals surface area contributed by atoms with Gasteiger partial charge in [0.25, 0.3) is 0 Å². The minimum absolute atomic E-state index is 0.107. The van der Waals surface area contributed by atoms with Crippen molar-refractivity contribution in [3.05, 3.63) is 30.1 Å². The predicted octanol–water partition coefficient (Wildman–Crippen LogP) is 3.73. The number of thiazole rings is 1. The first-order valence-electron chi connectivity index (χ1n) is 9.08. The van der Waals surface area contributed by atoms with Gasteiger partial charge in [0.05, 0.1) is 18.6 Å². The summed E-state index contributed by atoms with van der Waals surface area (Å²) in [7, 11) is 1.59. The monoisotopic (exact) mass is 415 g/mol. The highest BCUT2D eigenvalue weighted by Crippen LogP contribution is 2.35. The van der Waals surface area contributed by atoms with Gasteiger partial charge in [0, 0.05) is 13.1 Å². The molecule has 4 rings (SSSR count). The molecule has 146 valence electrons. The molecule has 1 aliphatic rings. The van der Waals surface area contributed by atoms with Gasteiger partial charge in [-0.05, 0) is 37.5 Å². The number of methoxy groups -OCH3 is 1. The van der Waals surface area contributed by atoms with E-state index in [9.17, 15) is 4.79 Å². The molecule has 2 aromatic heterocycles. The van der Waals surface area contributed by atoms with E-state index in [2.05, 4.69) is 25.2 Å². The highest BCUT2D eigenvalue weighted by atomic mass is 32.2. The maximum Gasteiger partial charge on any atom is 0.234 e. The number of thioether (sulfide) groups is 1. The summed E-state index contributed by atoms with van der Waals surface area (Å²) in [4.78, 5) is 28.1. The molecule has 1 amide bonds. The number of ether oxygens (including phenoxy) is 1. The number of anilines is 2.